The Bertz CT molecular complexity index is 851. The van der Waals surface area contributed by atoms with E-state index >= 15 is 0 Å². The van der Waals surface area contributed by atoms with Crippen molar-refractivity contribution in [2.45, 2.75) is 44.7 Å². The summed E-state index contributed by atoms with van der Waals surface area (Å²) in [6.45, 7) is 2.45. The second-order valence-corrected chi connectivity index (χ2v) is 6.56. The van der Waals surface area contributed by atoms with Crippen molar-refractivity contribution in [3.8, 4) is 11.3 Å². The highest BCUT2D eigenvalue weighted by atomic mass is 19.3. The Kier molecular flexibility index (Phi) is 3.48. The van der Waals surface area contributed by atoms with Gasteiger partial charge in [-0.1, -0.05) is 0 Å². The quantitative estimate of drug-likeness (QED) is 0.910. The molecule has 4 rings (SSSR count). The molecule has 25 heavy (non-hydrogen) atoms. The van der Waals surface area contributed by atoms with Gasteiger partial charge in [0, 0.05) is 36.3 Å². The van der Waals surface area contributed by atoms with Gasteiger partial charge in [-0.25, -0.2) is 9.97 Å². The number of halogens is 2. The third kappa shape index (κ3) is 2.63. The van der Waals surface area contributed by atoms with E-state index in [1.54, 1.807) is 0 Å². The summed E-state index contributed by atoms with van der Waals surface area (Å²) in [5, 5.41) is 12.9. The Labute approximate surface area is 142 Å². The Morgan fingerprint density at radius 1 is 1.44 bits per heavy atom. The number of fused-ring (bicyclic) bond motifs is 1. The van der Waals surface area contributed by atoms with Crippen molar-refractivity contribution in [3.63, 3.8) is 0 Å². The molecule has 132 valence electrons. The normalized spacial score (nSPS) is 21.1. The van der Waals surface area contributed by atoms with Gasteiger partial charge in [-0.2, -0.15) is 13.9 Å². The molecule has 1 N–H and O–H groups in total. The Hall–Kier alpha value is -2.58. The van der Waals surface area contributed by atoms with Crippen LogP contribution in [0.25, 0.3) is 11.3 Å². The Morgan fingerprint density at radius 2 is 2.24 bits per heavy atom. The maximum atomic E-state index is 14.3. The first-order valence-electron chi connectivity index (χ1n) is 8.15. The topological polar surface area (TPSA) is 84.1 Å². The standard InChI is InChI=1S/C16H17F2N5O2/c1-9-3-5-23(9)15-20-13(10-6-19-22(7-10)8-12(24)25)11-2-4-16(17,18)14(11)21-15/h6-7,9H,2-5,8H2,1H3,(H,24,25). The first-order chi connectivity index (χ1) is 11.8. The molecular formula is C16H17F2N5O2. The van der Waals surface area contributed by atoms with E-state index in [4.69, 9.17) is 5.11 Å². The zero-order chi connectivity index (χ0) is 17.8. The molecule has 1 aliphatic heterocycles. The molecule has 1 aliphatic carbocycles. The van der Waals surface area contributed by atoms with Crippen molar-refractivity contribution in [1.82, 2.24) is 19.7 Å². The maximum Gasteiger partial charge on any atom is 0.325 e. The van der Waals surface area contributed by atoms with Crippen LogP contribution < -0.4 is 4.90 Å². The average molecular weight is 349 g/mol. The molecule has 0 bridgehead atoms. The molecule has 0 radical (unpaired) electrons. The molecule has 3 heterocycles. The van der Waals surface area contributed by atoms with Crippen LogP contribution in [0.4, 0.5) is 14.7 Å². The van der Waals surface area contributed by atoms with Crippen LogP contribution in [-0.2, 0) is 23.7 Å². The lowest BCUT2D eigenvalue weighted by atomic mass is 10.1. The number of hydrogen-bond donors (Lipinski definition) is 1. The van der Waals surface area contributed by atoms with Crippen LogP contribution >= 0.6 is 0 Å². The zero-order valence-corrected chi connectivity index (χ0v) is 13.6. The Balaban J connectivity index is 1.81. The number of alkyl halides is 2. The maximum absolute atomic E-state index is 14.3. The van der Waals surface area contributed by atoms with E-state index in [1.807, 2.05) is 11.8 Å². The first-order valence-corrected chi connectivity index (χ1v) is 8.15. The van der Waals surface area contributed by atoms with Crippen molar-refractivity contribution >= 4 is 11.9 Å². The molecule has 2 aromatic rings. The van der Waals surface area contributed by atoms with Crippen LogP contribution in [0, 0.1) is 0 Å². The fraction of sp³-hybridized carbons (Fsp3) is 0.500. The Morgan fingerprint density at radius 3 is 2.88 bits per heavy atom. The molecule has 2 aliphatic rings. The van der Waals surface area contributed by atoms with Crippen molar-refractivity contribution in [2.75, 3.05) is 11.4 Å². The molecular weight excluding hydrogens is 332 g/mol. The predicted molar refractivity (Wildman–Crippen MR) is 84.5 cm³/mol. The van der Waals surface area contributed by atoms with Crippen molar-refractivity contribution in [3.05, 3.63) is 23.7 Å². The van der Waals surface area contributed by atoms with Crippen molar-refractivity contribution < 1.29 is 18.7 Å². The van der Waals surface area contributed by atoms with Gasteiger partial charge in [0.2, 0.25) is 5.95 Å². The minimum Gasteiger partial charge on any atom is -0.480 e. The number of nitrogens with zero attached hydrogens (tertiary/aromatic N) is 5. The highest BCUT2D eigenvalue weighted by molar-refractivity contribution is 5.68. The van der Waals surface area contributed by atoms with E-state index in [1.165, 1.54) is 17.1 Å². The second-order valence-electron chi connectivity index (χ2n) is 6.56. The molecule has 0 amide bonds. The number of carboxylic acids is 1. The third-order valence-corrected chi connectivity index (χ3v) is 4.81. The second kappa shape index (κ2) is 5.47. The van der Waals surface area contributed by atoms with E-state index in [2.05, 4.69) is 15.1 Å². The van der Waals surface area contributed by atoms with E-state index < -0.39 is 11.9 Å². The molecule has 0 aromatic carbocycles. The number of hydrogen-bond acceptors (Lipinski definition) is 5. The molecule has 1 saturated heterocycles. The van der Waals surface area contributed by atoms with Crippen LogP contribution in [0.5, 0.6) is 0 Å². The fourth-order valence-electron chi connectivity index (χ4n) is 3.30. The molecule has 1 unspecified atom stereocenters. The number of carbonyl (C=O) groups is 1. The average Bonchev–Trinajstić information content (AvgIpc) is 3.10. The molecule has 7 nitrogen and oxygen atoms in total. The van der Waals surface area contributed by atoms with E-state index in [0.29, 0.717) is 22.8 Å². The predicted octanol–water partition coefficient (Wildman–Crippen LogP) is 2.06. The summed E-state index contributed by atoms with van der Waals surface area (Å²) in [7, 11) is 0. The van der Waals surface area contributed by atoms with Crippen LogP contribution in [0.2, 0.25) is 0 Å². The summed E-state index contributed by atoms with van der Waals surface area (Å²) >= 11 is 0. The number of aliphatic carboxylic acids is 1. The summed E-state index contributed by atoms with van der Waals surface area (Å²) in [6.07, 6.45) is 3.87. The molecule has 0 spiro atoms. The van der Waals surface area contributed by atoms with Gasteiger partial charge in [-0.15, -0.1) is 0 Å². The molecule has 0 saturated carbocycles. The molecule has 1 fully saturated rings. The first kappa shape index (κ1) is 15.9. The van der Waals surface area contributed by atoms with Gasteiger partial charge < -0.3 is 10.0 Å². The van der Waals surface area contributed by atoms with Crippen molar-refractivity contribution in [1.29, 1.82) is 0 Å². The lowest BCUT2D eigenvalue weighted by Gasteiger charge is -2.39. The van der Waals surface area contributed by atoms with Gasteiger partial charge in [0.05, 0.1) is 11.9 Å². The highest BCUT2D eigenvalue weighted by Crippen LogP contribution is 2.44. The van der Waals surface area contributed by atoms with Gasteiger partial charge in [-0.05, 0) is 19.8 Å². The summed E-state index contributed by atoms with van der Waals surface area (Å²) < 4.78 is 29.8. The lowest BCUT2D eigenvalue weighted by Crippen LogP contribution is -2.47. The minimum atomic E-state index is -2.97. The molecule has 9 heteroatoms. The van der Waals surface area contributed by atoms with E-state index in [9.17, 15) is 13.6 Å². The zero-order valence-electron chi connectivity index (χ0n) is 13.6. The summed E-state index contributed by atoms with van der Waals surface area (Å²) in [5.41, 5.74) is 1.18. The number of carboxylic acid groups (broad SMARTS) is 1. The lowest BCUT2D eigenvalue weighted by molar-refractivity contribution is -0.137. The van der Waals surface area contributed by atoms with E-state index in [0.717, 1.165) is 13.0 Å². The monoisotopic (exact) mass is 349 g/mol. The summed E-state index contributed by atoms with van der Waals surface area (Å²) in [6, 6.07) is 0.218. The highest BCUT2D eigenvalue weighted by Gasteiger charge is 2.44. The van der Waals surface area contributed by atoms with Gasteiger partial charge >= 0.3 is 5.97 Å². The molecule has 2 aromatic heterocycles. The van der Waals surface area contributed by atoms with E-state index in [-0.39, 0.29) is 31.1 Å². The number of aromatic nitrogens is 4. The minimum absolute atomic E-state index is 0.192. The summed E-state index contributed by atoms with van der Waals surface area (Å²) in [5.74, 6) is -3.68. The SMILES string of the molecule is CC1CCN1c1nc(-c2cnn(CC(=O)O)c2)c2c(n1)C(F)(F)CC2. The van der Waals surface area contributed by atoms with Gasteiger partial charge in [0.25, 0.3) is 5.92 Å². The van der Waals surface area contributed by atoms with Crippen LogP contribution in [0.3, 0.4) is 0 Å². The number of anilines is 1. The number of rotatable bonds is 4. The smallest absolute Gasteiger partial charge is 0.325 e. The fourth-order valence-corrected chi connectivity index (χ4v) is 3.30. The molecule has 1 atom stereocenters. The van der Waals surface area contributed by atoms with Crippen LogP contribution in [0.1, 0.15) is 31.0 Å². The third-order valence-electron chi connectivity index (χ3n) is 4.81. The van der Waals surface area contributed by atoms with Crippen LogP contribution in [0.15, 0.2) is 12.4 Å². The van der Waals surface area contributed by atoms with Gasteiger partial charge in [0.15, 0.2) is 0 Å². The van der Waals surface area contributed by atoms with Gasteiger partial charge in [-0.3, -0.25) is 9.48 Å². The van der Waals surface area contributed by atoms with Crippen LogP contribution in [-0.4, -0.2) is 43.4 Å². The van der Waals surface area contributed by atoms with Gasteiger partial charge in [0.1, 0.15) is 12.2 Å². The summed E-state index contributed by atoms with van der Waals surface area (Å²) in [4.78, 5) is 21.4. The largest absolute Gasteiger partial charge is 0.480 e. The van der Waals surface area contributed by atoms with Crippen molar-refractivity contribution in [2.24, 2.45) is 0 Å².